The standard InChI is InChI=1S/C14H18BrN3/c1-4-10(3)16-14-12(5-2)17-13-7-6-11(8-15)9-18(13)14/h6-7,9H,4-5,8H2,1-3H3. The molecule has 0 aliphatic carbocycles. The largest absolute Gasteiger partial charge is 0.284 e. The molecular formula is C14H18BrN3. The summed E-state index contributed by atoms with van der Waals surface area (Å²) in [5.41, 5.74) is 4.40. The van der Waals surface area contributed by atoms with Gasteiger partial charge in [0, 0.05) is 17.2 Å². The van der Waals surface area contributed by atoms with Gasteiger partial charge in [-0.05, 0) is 31.4 Å². The molecule has 0 radical (unpaired) electrons. The molecule has 0 fully saturated rings. The number of nitrogens with zero attached hydrogens (tertiary/aromatic N) is 3. The summed E-state index contributed by atoms with van der Waals surface area (Å²) in [4.78, 5) is 9.35. The number of aliphatic imine (C=N–C) groups is 1. The molecule has 3 nitrogen and oxygen atoms in total. The minimum absolute atomic E-state index is 0.846. The molecule has 0 aliphatic heterocycles. The second-order valence-corrected chi connectivity index (χ2v) is 4.90. The highest BCUT2D eigenvalue weighted by Gasteiger charge is 2.10. The van der Waals surface area contributed by atoms with Crippen molar-refractivity contribution in [2.75, 3.05) is 0 Å². The number of pyridine rings is 1. The second kappa shape index (κ2) is 5.65. The summed E-state index contributed by atoms with van der Waals surface area (Å²) in [6, 6.07) is 4.15. The van der Waals surface area contributed by atoms with Gasteiger partial charge in [-0.3, -0.25) is 4.40 Å². The summed E-state index contributed by atoms with van der Waals surface area (Å²) < 4.78 is 2.09. The van der Waals surface area contributed by atoms with E-state index in [0.717, 1.165) is 41.0 Å². The van der Waals surface area contributed by atoms with E-state index in [1.807, 2.05) is 0 Å². The van der Waals surface area contributed by atoms with Crippen molar-refractivity contribution in [1.29, 1.82) is 0 Å². The Morgan fingerprint density at radius 2 is 2.17 bits per heavy atom. The normalized spacial score (nSPS) is 12.3. The number of hydrogen-bond donors (Lipinski definition) is 0. The first kappa shape index (κ1) is 13.3. The number of rotatable bonds is 4. The molecule has 2 rings (SSSR count). The van der Waals surface area contributed by atoms with Gasteiger partial charge in [0.2, 0.25) is 0 Å². The van der Waals surface area contributed by atoms with Gasteiger partial charge in [0.25, 0.3) is 0 Å². The van der Waals surface area contributed by atoms with Gasteiger partial charge in [0.15, 0.2) is 5.82 Å². The summed E-state index contributed by atoms with van der Waals surface area (Å²) in [7, 11) is 0. The Labute approximate surface area is 116 Å². The predicted octanol–water partition coefficient (Wildman–Crippen LogP) is 4.29. The van der Waals surface area contributed by atoms with Crippen molar-refractivity contribution >= 4 is 33.1 Å². The van der Waals surface area contributed by atoms with Crippen LogP contribution in [-0.2, 0) is 11.8 Å². The van der Waals surface area contributed by atoms with Crippen LogP contribution in [0.15, 0.2) is 23.3 Å². The number of imidazole rings is 1. The summed E-state index contributed by atoms with van der Waals surface area (Å²) >= 11 is 3.49. The van der Waals surface area contributed by atoms with E-state index in [0.29, 0.717) is 0 Å². The van der Waals surface area contributed by atoms with E-state index in [-0.39, 0.29) is 0 Å². The van der Waals surface area contributed by atoms with Gasteiger partial charge in [-0.2, -0.15) is 0 Å². The number of fused-ring (bicyclic) bond motifs is 1. The van der Waals surface area contributed by atoms with Gasteiger partial charge in [-0.1, -0.05) is 35.8 Å². The molecule has 0 aromatic carbocycles. The minimum atomic E-state index is 0.846. The molecule has 0 aliphatic rings. The van der Waals surface area contributed by atoms with Crippen molar-refractivity contribution in [1.82, 2.24) is 9.38 Å². The Balaban J connectivity index is 2.66. The first-order valence-electron chi connectivity index (χ1n) is 6.29. The van der Waals surface area contributed by atoms with E-state index in [1.165, 1.54) is 5.56 Å². The summed E-state index contributed by atoms with van der Waals surface area (Å²) in [5.74, 6) is 0.981. The molecular weight excluding hydrogens is 290 g/mol. The Bertz CT molecular complexity index is 584. The molecule has 0 spiro atoms. The van der Waals surface area contributed by atoms with Crippen LogP contribution < -0.4 is 0 Å². The highest BCUT2D eigenvalue weighted by molar-refractivity contribution is 9.08. The number of hydrogen-bond acceptors (Lipinski definition) is 2. The van der Waals surface area contributed by atoms with Crippen LogP contribution in [0.5, 0.6) is 0 Å². The monoisotopic (exact) mass is 307 g/mol. The number of halogens is 1. The van der Waals surface area contributed by atoms with Crippen LogP contribution in [0.25, 0.3) is 5.65 Å². The predicted molar refractivity (Wildman–Crippen MR) is 80.3 cm³/mol. The Morgan fingerprint density at radius 3 is 2.78 bits per heavy atom. The van der Waals surface area contributed by atoms with E-state index in [4.69, 9.17) is 4.99 Å². The average Bonchev–Trinajstić information content (AvgIpc) is 2.75. The molecule has 96 valence electrons. The lowest BCUT2D eigenvalue weighted by atomic mass is 10.3. The smallest absolute Gasteiger partial charge is 0.160 e. The zero-order chi connectivity index (χ0) is 13.1. The Kier molecular flexibility index (Phi) is 4.17. The molecule has 0 saturated heterocycles. The topological polar surface area (TPSA) is 29.7 Å². The van der Waals surface area contributed by atoms with Gasteiger partial charge in [-0.25, -0.2) is 9.98 Å². The lowest BCUT2D eigenvalue weighted by Gasteiger charge is -2.02. The highest BCUT2D eigenvalue weighted by Crippen LogP contribution is 2.23. The summed E-state index contributed by atoms with van der Waals surface area (Å²) in [5, 5.41) is 0.846. The first-order valence-corrected chi connectivity index (χ1v) is 7.41. The highest BCUT2D eigenvalue weighted by atomic mass is 79.9. The van der Waals surface area contributed by atoms with Crippen LogP contribution in [-0.4, -0.2) is 15.1 Å². The lowest BCUT2D eigenvalue weighted by molar-refractivity contribution is 1.06. The fourth-order valence-electron chi connectivity index (χ4n) is 1.82. The minimum Gasteiger partial charge on any atom is -0.284 e. The van der Waals surface area contributed by atoms with Gasteiger partial charge in [-0.15, -0.1) is 0 Å². The summed E-state index contributed by atoms with van der Waals surface area (Å²) in [6.07, 6.45) is 3.98. The van der Waals surface area contributed by atoms with E-state index < -0.39 is 0 Å². The molecule has 0 atom stereocenters. The first-order chi connectivity index (χ1) is 8.69. The third-order valence-electron chi connectivity index (χ3n) is 3.02. The van der Waals surface area contributed by atoms with Gasteiger partial charge >= 0.3 is 0 Å². The quantitative estimate of drug-likeness (QED) is 0.612. The Hall–Kier alpha value is -1.16. The van der Waals surface area contributed by atoms with Crippen LogP contribution in [0.4, 0.5) is 5.82 Å². The molecule has 2 aromatic heterocycles. The van der Waals surface area contributed by atoms with Gasteiger partial charge in [0.1, 0.15) is 5.65 Å². The maximum Gasteiger partial charge on any atom is 0.160 e. The fourth-order valence-corrected chi connectivity index (χ4v) is 2.15. The van der Waals surface area contributed by atoms with E-state index in [1.54, 1.807) is 0 Å². The third kappa shape index (κ3) is 2.48. The average molecular weight is 308 g/mol. The van der Waals surface area contributed by atoms with Crippen LogP contribution in [0.1, 0.15) is 38.4 Å². The molecule has 0 amide bonds. The van der Waals surface area contributed by atoms with Crippen molar-refractivity contribution in [2.24, 2.45) is 4.99 Å². The van der Waals surface area contributed by atoms with Crippen LogP contribution in [0.3, 0.4) is 0 Å². The third-order valence-corrected chi connectivity index (χ3v) is 3.67. The summed E-state index contributed by atoms with van der Waals surface area (Å²) in [6.45, 7) is 6.30. The zero-order valence-electron chi connectivity index (χ0n) is 11.1. The number of aromatic nitrogens is 2. The van der Waals surface area contributed by atoms with Crippen molar-refractivity contribution in [3.63, 3.8) is 0 Å². The van der Waals surface area contributed by atoms with E-state index in [2.05, 4.69) is 64.4 Å². The number of aryl methyl sites for hydroxylation is 1. The van der Waals surface area contributed by atoms with Crippen LogP contribution in [0.2, 0.25) is 0 Å². The second-order valence-electron chi connectivity index (χ2n) is 4.34. The van der Waals surface area contributed by atoms with Gasteiger partial charge < -0.3 is 0 Å². The number of alkyl halides is 1. The fraction of sp³-hybridized carbons (Fsp3) is 0.429. The molecule has 0 N–H and O–H groups in total. The van der Waals surface area contributed by atoms with Crippen molar-refractivity contribution in [3.05, 3.63) is 29.6 Å². The van der Waals surface area contributed by atoms with E-state index >= 15 is 0 Å². The molecule has 0 unspecified atom stereocenters. The SMILES string of the molecule is CCC(C)=Nc1c(CC)nc2ccc(CBr)cn12. The van der Waals surface area contributed by atoms with Gasteiger partial charge in [0.05, 0.1) is 5.69 Å². The van der Waals surface area contributed by atoms with Crippen molar-refractivity contribution in [2.45, 2.75) is 38.9 Å². The van der Waals surface area contributed by atoms with Crippen molar-refractivity contribution < 1.29 is 0 Å². The maximum atomic E-state index is 4.71. The lowest BCUT2D eigenvalue weighted by Crippen LogP contribution is -1.91. The molecule has 0 bridgehead atoms. The maximum absolute atomic E-state index is 4.71. The Morgan fingerprint density at radius 1 is 1.39 bits per heavy atom. The molecule has 18 heavy (non-hydrogen) atoms. The molecule has 2 aromatic rings. The zero-order valence-corrected chi connectivity index (χ0v) is 12.7. The van der Waals surface area contributed by atoms with E-state index in [9.17, 15) is 0 Å². The molecule has 0 saturated carbocycles. The molecule has 2 heterocycles. The molecule has 4 heteroatoms. The van der Waals surface area contributed by atoms with Crippen LogP contribution in [0, 0.1) is 0 Å². The van der Waals surface area contributed by atoms with Crippen molar-refractivity contribution in [3.8, 4) is 0 Å². The van der Waals surface area contributed by atoms with Crippen LogP contribution >= 0.6 is 15.9 Å².